The molecule has 0 aliphatic rings. The minimum atomic E-state index is -0.916. The quantitative estimate of drug-likeness (QED) is 0.486. The van der Waals surface area contributed by atoms with Crippen molar-refractivity contribution in [3.8, 4) is 0 Å². The number of hydrogen-bond acceptors (Lipinski definition) is 5. The van der Waals surface area contributed by atoms with Gasteiger partial charge in [-0.05, 0) is 0 Å². The third-order valence-electron chi connectivity index (χ3n) is 1.02. The topological polar surface area (TPSA) is 127 Å². The standard InChI is InChI=1S/C3H3N5O4/c9-7(10)2-1-4-5-3(2)6-8(11)12/h1H,(H2,4,5,6). The Morgan fingerprint density at radius 3 is 2.67 bits per heavy atom. The van der Waals surface area contributed by atoms with Crippen LogP contribution in [0.15, 0.2) is 6.20 Å². The highest BCUT2D eigenvalue weighted by Gasteiger charge is 2.19. The largest absolute Gasteiger partial charge is 0.336 e. The summed E-state index contributed by atoms with van der Waals surface area (Å²) in [4.78, 5) is 19.2. The first-order valence-corrected chi connectivity index (χ1v) is 2.70. The van der Waals surface area contributed by atoms with Crippen LogP contribution in [-0.4, -0.2) is 20.2 Å². The molecule has 1 aromatic rings. The van der Waals surface area contributed by atoms with Crippen molar-refractivity contribution >= 4 is 11.5 Å². The molecule has 0 fully saturated rings. The molecule has 12 heavy (non-hydrogen) atoms. The molecule has 64 valence electrons. The average Bonchev–Trinajstić information content (AvgIpc) is 2.33. The van der Waals surface area contributed by atoms with Crippen molar-refractivity contribution < 1.29 is 9.96 Å². The summed E-state index contributed by atoms with van der Waals surface area (Å²) in [5, 5.41) is 24.4. The molecule has 0 saturated heterocycles. The SMILES string of the molecule is O=[N+]([O-])Nc1[nH]ncc1[N+](=O)[O-]. The Hall–Kier alpha value is -2.19. The van der Waals surface area contributed by atoms with Gasteiger partial charge in [-0.15, -0.1) is 0 Å². The van der Waals surface area contributed by atoms with Gasteiger partial charge in [-0.25, -0.2) is 10.1 Å². The van der Waals surface area contributed by atoms with Crippen molar-refractivity contribution in [2.75, 3.05) is 5.43 Å². The molecule has 0 aliphatic heterocycles. The van der Waals surface area contributed by atoms with Gasteiger partial charge in [0.05, 0.1) is 4.92 Å². The van der Waals surface area contributed by atoms with Crippen molar-refractivity contribution in [2.24, 2.45) is 0 Å². The number of anilines is 1. The van der Waals surface area contributed by atoms with E-state index in [9.17, 15) is 20.2 Å². The van der Waals surface area contributed by atoms with E-state index in [0.717, 1.165) is 6.20 Å². The first kappa shape index (κ1) is 7.91. The number of hydrogen-bond donors (Lipinski definition) is 2. The second-order valence-electron chi connectivity index (χ2n) is 1.76. The maximum absolute atomic E-state index is 10.1. The highest BCUT2D eigenvalue weighted by atomic mass is 16.7. The van der Waals surface area contributed by atoms with Gasteiger partial charge >= 0.3 is 5.69 Å². The van der Waals surface area contributed by atoms with E-state index < -0.39 is 15.6 Å². The summed E-state index contributed by atoms with van der Waals surface area (Å²) in [7, 11) is 0. The Kier molecular flexibility index (Phi) is 1.86. The summed E-state index contributed by atoms with van der Waals surface area (Å²) in [6.45, 7) is 0. The zero-order chi connectivity index (χ0) is 9.14. The molecule has 0 amide bonds. The van der Waals surface area contributed by atoms with Crippen LogP contribution in [0.25, 0.3) is 0 Å². The summed E-state index contributed by atoms with van der Waals surface area (Å²) in [6, 6.07) is 0. The number of H-pyrrole nitrogens is 1. The highest BCUT2D eigenvalue weighted by Crippen LogP contribution is 2.19. The van der Waals surface area contributed by atoms with Gasteiger partial charge < -0.3 is 0 Å². The maximum Gasteiger partial charge on any atom is 0.336 e. The minimum Gasteiger partial charge on any atom is -0.258 e. The third-order valence-corrected chi connectivity index (χ3v) is 1.02. The monoisotopic (exact) mass is 173 g/mol. The molecule has 0 radical (unpaired) electrons. The van der Waals surface area contributed by atoms with Gasteiger partial charge in [-0.2, -0.15) is 5.10 Å². The van der Waals surface area contributed by atoms with E-state index >= 15 is 0 Å². The molecule has 0 atom stereocenters. The number of aromatic nitrogens is 2. The molecule has 0 unspecified atom stereocenters. The van der Waals surface area contributed by atoms with Crippen LogP contribution in [0.2, 0.25) is 0 Å². The van der Waals surface area contributed by atoms with Crippen molar-refractivity contribution in [1.82, 2.24) is 10.2 Å². The lowest BCUT2D eigenvalue weighted by Gasteiger charge is -1.90. The first-order chi connectivity index (χ1) is 5.61. The Bertz CT molecular complexity index is 318. The van der Waals surface area contributed by atoms with Crippen molar-refractivity contribution in [3.63, 3.8) is 0 Å². The number of aromatic amines is 1. The molecular formula is C3H3N5O4. The Balaban J connectivity index is 2.91. The molecule has 9 nitrogen and oxygen atoms in total. The Morgan fingerprint density at radius 1 is 1.50 bits per heavy atom. The average molecular weight is 173 g/mol. The van der Waals surface area contributed by atoms with Crippen LogP contribution >= 0.6 is 0 Å². The van der Waals surface area contributed by atoms with Crippen LogP contribution in [0.5, 0.6) is 0 Å². The van der Waals surface area contributed by atoms with Crippen LogP contribution < -0.4 is 5.43 Å². The van der Waals surface area contributed by atoms with Crippen LogP contribution in [0.3, 0.4) is 0 Å². The maximum atomic E-state index is 10.1. The van der Waals surface area contributed by atoms with E-state index in [-0.39, 0.29) is 5.82 Å². The van der Waals surface area contributed by atoms with Gasteiger partial charge in [-0.3, -0.25) is 15.2 Å². The molecule has 0 bridgehead atoms. The molecule has 9 heteroatoms. The summed E-state index contributed by atoms with van der Waals surface area (Å²) in [5.74, 6) is -0.343. The van der Waals surface area contributed by atoms with Gasteiger partial charge in [0, 0.05) is 0 Å². The van der Waals surface area contributed by atoms with Gasteiger partial charge in [-0.1, -0.05) is 5.43 Å². The van der Waals surface area contributed by atoms with E-state index in [0.29, 0.717) is 0 Å². The molecule has 1 rings (SSSR count). The summed E-state index contributed by atoms with van der Waals surface area (Å²) >= 11 is 0. The fraction of sp³-hybridized carbons (Fsp3) is 0. The zero-order valence-corrected chi connectivity index (χ0v) is 5.55. The molecule has 0 spiro atoms. The van der Waals surface area contributed by atoms with E-state index in [4.69, 9.17) is 0 Å². The van der Waals surface area contributed by atoms with E-state index in [2.05, 4.69) is 10.2 Å². The van der Waals surface area contributed by atoms with Crippen LogP contribution in [0, 0.1) is 20.2 Å². The van der Waals surface area contributed by atoms with E-state index in [1.54, 1.807) is 5.43 Å². The van der Waals surface area contributed by atoms with Crippen molar-refractivity contribution in [3.05, 3.63) is 26.4 Å². The van der Waals surface area contributed by atoms with Gasteiger partial charge in [0.1, 0.15) is 6.20 Å². The lowest BCUT2D eigenvalue weighted by molar-refractivity contribution is -0.447. The number of hydrazine groups is 1. The predicted molar refractivity (Wildman–Crippen MR) is 35.9 cm³/mol. The van der Waals surface area contributed by atoms with Crippen LogP contribution in [0.1, 0.15) is 0 Å². The van der Waals surface area contributed by atoms with E-state index in [1.165, 1.54) is 0 Å². The molecule has 1 heterocycles. The van der Waals surface area contributed by atoms with Crippen molar-refractivity contribution in [2.45, 2.75) is 0 Å². The van der Waals surface area contributed by atoms with Gasteiger partial charge in [0.15, 0.2) is 5.03 Å². The Morgan fingerprint density at radius 2 is 2.17 bits per heavy atom. The van der Waals surface area contributed by atoms with Gasteiger partial charge in [0.2, 0.25) is 0 Å². The summed E-state index contributed by atoms with van der Waals surface area (Å²) in [5.41, 5.74) is 1.13. The molecule has 0 aliphatic carbocycles. The highest BCUT2D eigenvalue weighted by molar-refractivity contribution is 5.52. The number of nitrogens with one attached hydrogen (secondary N) is 2. The fourth-order valence-electron chi connectivity index (χ4n) is 0.592. The molecule has 2 N–H and O–H groups in total. The Labute approximate surface area is 64.7 Å². The molecular weight excluding hydrogens is 170 g/mol. The smallest absolute Gasteiger partial charge is 0.258 e. The number of rotatable bonds is 3. The lowest BCUT2D eigenvalue weighted by Crippen LogP contribution is -2.09. The number of nitro groups is 2. The number of nitrogens with zero attached hydrogens (tertiary/aromatic N) is 3. The fourth-order valence-corrected chi connectivity index (χ4v) is 0.592. The third kappa shape index (κ3) is 1.45. The van der Waals surface area contributed by atoms with E-state index in [1.807, 2.05) is 0 Å². The van der Waals surface area contributed by atoms with Gasteiger partial charge in [0.25, 0.3) is 5.82 Å². The second kappa shape index (κ2) is 2.82. The first-order valence-electron chi connectivity index (χ1n) is 2.70. The normalized spacial score (nSPS) is 9.33. The summed E-state index contributed by atoms with van der Waals surface area (Å²) in [6.07, 6.45) is 0.881. The lowest BCUT2D eigenvalue weighted by atomic mass is 10.5. The van der Waals surface area contributed by atoms with Crippen LogP contribution in [0.4, 0.5) is 11.5 Å². The van der Waals surface area contributed by atoms with Crippen molar-refractivity contribution in [1.29, 1.82) is 0 Å². The summed E-state index contributed by atoms with van der Waals surface area (Å²) < 4.78 is 0. The molecule has 1 aromatic heterocycles. The molecule has 0 saturated carbocycles. The minimum absolute atomic E-state index is 0.343. The zero-order valence-electron chi connectivity index (χ0n) is 5.55. The molecule has 0 aromatic carbocycles. The predicted octanol–water partition coefficient (Wildman–Crippen LogP) is -0.0785. The second-order valence-corrected chi connectivity index (χ2v) is 1.76. The van der Waals surface area contributed by atoms with Crippen LogP contribution in [-0.2, 0) is 0 Å².